The molecule has 0 spiro atoms. The fourth-order valence-electron chi connectivity index (χ4n) is 2.85. The maximum Gasteiger partial charge on any atom is 0.302 e. The van der Waals surface area contributed by atoms with Gasteiger partial charge >= 0.3 is 5.97 Å². The second-order valence-electron chi connectivity index (χ2n) is 5.78. The average molecular weight is 355 g/mol. The van der Waals surface area contributed by atoms with Crippen LogP contribution in [0.15, 0.2) is 16.6 Å². The van der Waals surface area contributed by atoms with Gasteiger partial charge in [0.25, 0.3) is 0 Å². The zero-order valence-corrected chi connectivity index (χ0v) is 14.2. The first-order valence-electron chi connectivity index (χ1n) is 7.41. The molecule has 0 unspecified atom stereocenters. The largest absolute Gasteiger partial charge is 0.463 e. The van der Waals surface area contributed by atoms with E-state index < -0.39 is 0 Å². The molecule has 0 saturated heterocycles. The number of carbonyl (C=O) groups excluding carboxylic acids is 1. The van der Waals surface area contributed by atoms with Crippen LogP contribution in [0.1, 0.15) is 43.7 Å². The summed E-state index contributed by atoms with van der Waals surface area (Å²) in [6, 6.07) is 4.62. The third-order valence-corrected chi connectivity index (χ3v) is 4.60. The fourth-order valence-corrected chi connectivity index (χ4v) is 3.46. The summed E-state index contributed by atoms with van der Waals surface area (Å²) >= 11 is 3.49. The molecule has 21 heavy (non-hydrogen) atoms. The van der Waals surface area contributed by atoms with Crippen LogP contribution in [-0.2, 0) is 16.1 Å². The minimum absolute atomic E-state index is 0.0960. The molecule has 1 aliphatic carbocycles. The highest BCUT2D eigenvalue weighted by molar-refractivity contribution is 9.10. The highest BCUT2D eigenvalue weighted by atomic mass is 79.9. The van der Waals surface area contributed by atoms with Gasteiger partial charge in [0.15, 0.2) is 0 Å². The lowest BCUT2D eigenvalue weighted by Crippen LogP contribution is -2.35. The molecule has 0 aliphatic heterocycles. The van der Waals surface area contributed by atoms with Crippen LogP contribution in [0, 0.1) is 6.92 Å². The third-order valence-electron chi connectivity index (χ3n) is 3.95. The van der Waals surface area contributed by atoms with E-state index in [-0.39, 0.29) is 12.1 Å². The Morgan fingerprint density at radius 1 is 1.38 bits per heavy atom. The predicted molar refractivity (Wildman–Crippen MR) is 87.9 cm³/mol. The number of hydrogen-bond donors (Lipinski definition) is 2. The van der Waals surface area contributed by atoms with Crippen LogP contribution in [0.5, 0.6) is 0 Å². The summed E-state index contributed by atoms with van der Waals surface area (Å²) in [4.78, 5) is 10.9. The minimum atomic E-state index is -0.177. The van der Waals surface area contributed by atoms with Gasteiger partial charge in [-0.15, -0.1) is 0 Å². The monoisotopic (exact) mass is 354 g/mol. The van der Waals surface area contributed by atoms with Crippen LogP contribution in [-0.4, -0.2) is 18.1 Å². The van der Waals surface area contributed by atoms with Crippen molar-refractivity contribution in [3.63, 3.8) is 0 Å². The zero-order valence-electron chi connectivity index (χ0n) is 12.6. The summed E-state index contributed by atoms with van der Waals surface area (Å²) in [5, 5.41) is 3.57. The standard InChI is InChI=1S/C16H23BrN2O2/c1-10-7-12(16(18)15(17)8-10)9-19-13-3-5-14(6-4-13)21-11(2)20/h7-8,13-14,19H,3-6,9,18H2,1-2H3. The van der Waals surface area contributed by atoms with Gasteiger partial charge in [0, 0.05) is 24.0 Å². The maximum absolute atomic E-state index is 10.9. The van der Waals surface area contributed by atoms with Crippen LogP contribution >= 0.6 is 15.9 Å². The van der Waals surface area contributed by atoms with Crippen LogP contribution in [0.2, 0.25) is 0 Å². The van der Waals surface area contributed by atoms with E-state index in [1.165, 1.54) is 12.5 Å². The maximum atomic E-state index is 10.9. The van der Waals surface area contributed by atoms with Gasteiger partial charge in [-0.2, -0.15) is 0 Å². The van der Waals surface area contributed by atoms with Gasteiger partial charge in [0.2, 0.25) is 0 Å². The van der Waals surface area contributed by atoms with E-state index in [1.807, 2.05) is 6.07 Å². The molecule has 2 rings (SSSR count). The third kappa shape index (κ3) is 4.71. The summed E-state index contributed by atoms with van der Waals surface area (Å²) < 4.78 is 6.22. The van der Waals surface area contributed by atoms with Crippen molar-refractivity contribution in [1.29, 1.82) is 0 Å². The van der Waals surface area contributed by atoms with E-state index in [1.54, 1.807) is 0 Å². The SMILES string of the molecule is CC(=O)OC1CCC(NCc2cc(C)cc(Br)c2N)CC1. The smallest absolute Gasteiger partial charge is 0.302 e. The Labute approximate surface area is 134 Å². The second kappa shape index (κ2) is 7.27. The first kappa shape index (κ1) is 16.3. The zero-order chi connectivity index (χ0) is 15.4. The Morgan fingerprint density at radius 2 is 2.05 bits per heavy atom. The number of aryl methyl sites for hydroxylation is 1. The first-order valence-corrected chi connectivity index (χ1v) is 8.20. The lowest BCUT2D eigenvalue weighted by molar-refractivity contribution is -0.147. The molecule has 1 saturated carbocycles. The van der Waals surface area contributed by atoms with Crippen molar-refractivity contribution in [2.75, 3.05) is 5.73 Å². The Kier molecular flexibility index (Phi) is 5.65. The molecule has 1 aliphatic rings. The summed E-state index contributed by atoms with van der Waals surface area (Å²) in [6.45, 7) is 4.32. The second-order valence-corrected chi connectivity index (χ2v) is 6.64. The summed E-state index contributed by atoms with van der Waals surface area (Å²) in [5.41, 5.74) is 9.24. The number of halogens is 1. The highest BCUT2D eigenvalue weighted by Gasteiger charge is 2.22. The number of nitrogen functional groups attached to an aromatic ring is 1. The molecule has 1 aromatic rings. The molecular formula is C16H23BrN2O2. The average Bonchev–Trinajstić information content (AvgIpc) is 2.42. The molecule has 0 atom stereocenters. The van der Waals surface area contributed by atoms with Crippen molar-refractivity contribution >= 4 is 27.6 Å². The molecule has 116 valence electrons. The van der Waals surface area contributed by atoms with Crippen molar-refractivity contribution in [3.05, 3.63) is 27.7 Å². The van der Waals surface area contributed by atoms with Crippen molar-refractivity contribution in [2.24, 2.45) is 0 Å². The van der Waals surface area contributed by atoms with Crippen molar-refractivity contribution in [2.45, 2.75) is 58.2 Å². The van der Waals surface area contributed by atoms with Gasteiger partial charge in [-0.25, -0.2) is 0 Å². The van der Waals surface area contributed by atoms with E-state index in [2.05, 4.69) is 34.2 Å². The lowest BCUT2D eigenvalue weighted by atomic mass is 9.92. The normalized spacial score (nSPS) is 22.0. The number of benzene rings is 1. The number of nitrogens with one attached hydrogen (secondary N) is 1. The Balaban J connectivity index is 1.84. The van der Waals surface area contributed by atoms with Crippen molar-refractivity contribution in [3.8, 4) is 0 Å². The molecule has 3 N–H and O–H groups in total. The summed E-state index contributed by atoms with van der Waals surface area (Å²) in [5.74, 6) is -0.177. The molecule has 0 amide bonds. The molecule has 0 radical (unpaired) electrons. The van der Waals surface area contributed by atoms with Gasteiger partial charge in [-0.05, 0) is 65.7 Å². The number of nitrogens with two attached hydrogens (primary N) is 1. The van der Waals surface area contributed by atoms with Crippen molar-refractivity contribution in [1.82, 2.24) is 5.32 Å². The van der Waals surface area contributed by atoms with Crippen LogP contribution < -0.4 is 11.1 Å². The quantitative estimate of drug-likeness (QED) is 0.643. The molecule has 0 bridgehead atoms. The van der Waals surface area contributed by atoms with Gasteiger partial charge in [0.05, 0.1) is 5.69 Å². The van der Waals surface area contributed by atoms with Gasteiger partial charge in [0.1, 0.15) is 6.10 Å². The number of esters is 1. The van der Waals surface area contributed by atoms with Gasteiger partial charge < -0.3 is 15.8 Å². The number of anilines is 1. The van der Waals surface area contributed by atoms with E-state index in [9.17, 15) is 4.79 Å². The number of carbonyl (C=O) groups is 1. The molecule has 4 nitrogen and oxygen atoms in total. The Morgan fingerprint density at radius 3 is 2.67 bits per heavy atom. The van der Waals surface area contributed by atoms with E-state index >= 15 is 0 Å². The molecule has 1 fully saturated rings. The summed E-state index contributed by atoms with van der Waals surface area (Å²) in [6.07, 6.45) is 4.03. The molecule has 0 heterocycles. The number of rotatable bonds is 4. The highest BCUT2D eigenvalue weighted by Crippen LogP contribution is 2.26. The van der Waals surface area contributed by atoms with E-state index in [4.69, 9.17) is 10.5 Å². The van der Waals surface area contributed by atoms with Crippen LogP contribution in [0.3, 0.4) is 0 Å². The number of ether oxygens (including phenoxy) is 1. The van der Waals surface area contributed by atoms with Gasteiger partial charge in [-0.3, -0.25) is 4.79 Å². The van der Waals surface area contributed by atoms with E-state index in [0.29, 0.717) is 6.04 Å². The predicted octanol–water partition coefficient (Wildman–Crippen LogP) is 3.30. The minimum Gasteiger partial charge on any atom is -0.463 e. The summed E-state index contributed by atoms with van der Waals surface area (Å²) in [7, 11) is 0. The van der Waals surface area contributed by atoms with Crippen LogP contribution in [0.25, 0.3) is 0 Å². The Hall–Kier alpha value is -1.07. The number of hydrogen-bond acceptors (Lipinski definition) is 4. The Bertz CT molecular complexity index is 511. The van der Waals surface area contributed by atoms with Gasteiger partial charge in [-0.1, -0.05) is 6.07 Å². The van der Waals surface area contributed by atoms with E-state index in [0.717, 1.165) is 48.0 Å². The molecule has 1 aromatic carbocycles. The molecule has 0 aromatic heterocycles. The van der Waals surface area contributed by atoms with Crippen molar-refractivity contribution < 1.29 is 9.53 Å². The topological polar surface area (TPSA) is 64.3 Å². The lowest BCUT2D eigenvalue weighted by Gasteiger charge is -2.29. The first-order chi connectivity index (χ1) is 9.95. The fraction of sp³-hybridized carbons (Fsp3) is 0.562. The molecular weight excluding hydrogens is 332 g/mol. The molecule has 5 heteroatoms. The van der Waals surface area contributed by atoms with Crippen LogP contribution in [0.4, 0.5) is 5.69 Å².